The number of carboxylic acids is 1. The zero-order valence-electron chi connectivity index (χ0n) is 12.9. The lowest BCUT2D eigenvalue weighted by Crippen LogP contribution is -2.43. The molecule has 0 radical (unpaired) electrons. The molecule has 4 heteroatoms. The van der Waals surface area contributed by atoms with E-state index in [-0.39, 0.29) is 12.0 Å². The maximum atomic E-state index is 10.9. The molecule has 0 bridgehead atoms. The van der Waals surface area contributed by atoms with Crippen LogP contribution in [0.15, 0.2) is 0 Å². The maximum Gasteiger partial charge on any atom is 0.307 e. The first-order valence-corrected chi connectivity index (χ1v) is 8.29. The first-order valence-electron chi connectivity index (χ1n) is 8.29. The third kappa shape index (κ3) is 7.85. The molecule has 0 saturated carbocycles. The topological polar surface area (TPSA) is 58.6 Å². The van der Waals surface area contributed by atoms with Crippen molar-refractivity contribution in [1.82, 2.24) is 5.32 Å². The van der Waals surface area contributed by atoms with Gasteiger partial charge < -0.3 is 15.2 Å². The maximum absolute atomic E-state index is 10.9. The van der Waals surface area contributed by atoms with Crippen LogP contribution in [0, 0.1) is 5.92 Å². The molecular formula is C16H31NO3. The van der Waals surface area contributed by atoms with Crippen molar-refractivity contribution in [3.05, 3.63) is 0 Å². The van der Waals surface area contributed by atoms with Gasteiger partial charge in [0.25, 0.3) is 0 Å². The number of piperidine rings is 1. The van der Waals surface area contributed by atoms with E-state index in [1.54, 1.807) is 0 Å². The number of carboxylic acid groups (broad SMARTS) is 1. The van der Waals surface area contributed by atoms with Gasteiger partial charge in [-0.05, 0) is 12.8 Å². The number of carbonyl (C=O) groups is 1. The largest absolute Gasteiger partial charge is 0.481 e. The fourth-order valence-corrected chi connectivity index (χ4v) is 2.70. The van der Waals surface area contributed by atoms with Gasteiger partial charge >= 0.3 is 5.97 Å². The van der Waals surface area contributed by atoms with Crippen LogP contribution in [0.2, 0.25) is 0 Å². The van der Waals surface area contributed by atoms with Gasteiger partial charge in [-0.2, -0.15) is 0 Å². The van der Waals surface area contributed by atoms with Crippen molar-refractivity contribution >= 4 is 5.97 Å². The Morgan fingerprint density at radius 2 is 1.75 bits per heavy atom. The normalized spacial score (nSPS) is 22.9. The average Bonchev–Trinajstić information content (AvgIpc) is 2.46. The van der Waals surface area contributed by atoms with Gasteiger partial charge in [-0.25, -0.2) is 0 Å². The number of hydrogen-bond donors (Lipinski definition) is 2. The highest BCUT2D eigenvalue weighted by Gasteiger charge is 2.26. The van der Waals surface area contributed by atoms with Crippen LogP contribution >= 0.6 is 0 Å². The Labute approximate surface area is 123 Å². The fraction of sp³-hybridized carbons (Fsp3) is 0.938. The van der Waals surface area contributed by atoms with Crippen molar-refractivity contribution in [2.75, 3.05) is 19.7 Å². The summed E-state index contributed by atoms with van der Waals surface area (Å²) >= 11 is 0. The number of nitrogens with one attached hydrogen (secondary N) is 1. The first-order chi connectivity index (χ1) is 9.74. The monoisotopic (exact) mass is 285 g/mol. The van der Waals surface area contributed by atoms with E-state index < -0.39 is 5.97 Å². The van der Waals surface area contributed by atoms with Crippen LogP contribution < -0.4 is 5.32 Å². The summed E-state index contributed by atoms with van der Waals surface area (Å²) < 4.78 is 5.78. The minimum Gasteiger partial charge on any atom is -0.481 e. The van der Waals surface area contributed by atoms with Gasteiger partial charge in [0, 0.05) is 19.7 Å². The Morgan fingerprint density at radius 1 is 1.10 bits per heavy atom. The van der Waals surface area contributed by atoms with E-state index in [2.05, 4.69) is 12.2 Å². The molecule has 2 unspecified atom stereocenters. The number of rotatable bonds is 11. The molecule has 1 aliphatic heterocycles. The third-order valence-corrected chi connectivity index (χ3v) is 4.01. The van der Waals surface area contributed by atoms with Crippen molar-refractivity contribution in [3.8, 4) is 0 Å². The summed E-state index contributed by atoms with van der Waals surface area (Å²) in [5.41, 5.74) is 0. The number of ether oxygens (including phenoxy) is 1. The van der Waals surface area contributed by atoms with Crippen LogP contribution in [0.4, 0.5) is 0 Å². The standard InChI is InChI=1S/C16H31NO3/c1-2-3-4-5-6-7-8-9-10-20-15-11-14(16(18)19)12-17-13-15/h14-15,17H,2-13H2,1H3,(H,18,19). The van der Waals surface area contributed by atoms with Crippen molar-refractivity contribution in [3.63, 3.8) is 0 Å². The van der Waals surface area contributed by atoms with Crippen molar-refractivity contribution < 1.29 is 14.6 Å². The van der Waals surface area contributed by atoms with Gasteiger partial charge in [0.15, 0.2) is 0 Å². The van der Waals surface area contributed by atoms with E-state index in [1.807, 2.05) is 0 Å². The summed E-state index contributed by atoms with van der Waals surface area (Å²) in [6.07, 6.45) is 11.1. The minimum atomic E-state index is -0.710. The molecule has 0 spiro atoms. The molecule has 0 aromatic rings. The summed E-state index contributed by atoms with van der Waals surface area (Å²) in [7, 11) is 0. The van der Waals surface area contributed by atoms with Crippen LogP contribution in [0.1, 0.15) is 64.7 Å². The summed E-state index contributed by atoms with van der Waals surface area (Å²) in [6, 6.07) is 0. The summed E-state index contributed by atoms with van der Waals surface area (Å²) in [5, 5.41) is 12.1. The Kier molecular flexibility index (Phi) is 9.67. The molecule has 0 aliphatic carbocycles. The predicted octanol–water partition coefficient (Wildman–Crippen LogP) is 3.21. The lowest BCUT2D eigenvalue weighted by atomic mass is 9.98. The van der Waals surface area contributed by atoms with Crippen molar-refractivity contribution in [1.29, 1.82) is 0 Å². The van der Waals surface area contributed by atoms with Gasteiger partial charge in [0.1, 0.15) is 0 Å². The molecule has 4 nitrogen and oxygen atoms in total. The predicted molar refractivity (Wildman–Crippen MR) is 81.0 cm³/mol. The van der Waals surface area contributed by atoms with E-state index >= 15 is 0 Å². The van der Waals surface area contributed by atoms with Gasteiger partial charge in [0.2, 0.25) is 0 Å². The SMILES string of the molecule is CCCCCCCCCCOC1CNCC(C(=O)O)C1. The van der Waals surface area contributed by atoms with Gasteiger partial charge in [-0.3, -0.25) is 4.79 Å². The zero-order chi connectivity index (χ0) is 14.6. The van der Waals surface area contributed by atoms with Gasteiger partial charge in [-0.1, -0.05) is 51.9 Å². The Balaban J connectivity index is 1.92. The van der Waals surface area contributed by atoms with Crippen LogP contribution in [0.5, 0.6) is 0 Å². The smallest absolute Gasteiger partial charge is 0.307 e. The number of aliphatic carboxylic acids is 1. The molecule has 1 rings (SSSR count). The van der Waals surface area contributed by atoms with Gasteiger partial charge in [0.05, 0.1) is 12.0 Å². The summed E-state index contributed by atoms with van der Waals surface area (Å²) in [6.45, 7) is 4.38. The molecule has 118 valence electrons. The van der Waals surface area contributed by atoms with Crippen LogP contribution in [0.3, 0.4) is 0 Å². The summed E-state index contributed by atoms with van der Waals surface area (Å²) in [5.74, 6) is -0.995. The molecule has 1 fully saturated rings. The summed E-state index contributed by atoms with van der Waals surface area (Å²) in [4.78, 5) is 10.9. The van der Waals surface area contributed by atoms with Crippen molar-refractivity contribution in [2.24, 2.45) is 5.92 Å². The number of hydrogen-bond acceptors (Lipinski definition) is 3. The molecule has 2 N–H and O–H groups in total. The Bertz CT molecular complexity index is 258. The lowest BCUT2D eigenvalue weighted by Gasteiger charge is -2.27. The highest BCUT2D eigenvalue weighted by Crippen LogP contribution is 2.15. The van der Waals surface area contributed by atoms with Gasteiger partial charge in [-0.15, -0.1) is 0 Å². The van der Waals surface area contributed by atoms with E-state index in [1.165, 1.54) is 44.9 Å². The highest BCUT2D eigenvalue weighted by atomic mass is 16.5. The second-order valence-electron chi connectivity index (χ2n) is 5.90. The molecule has 2 atom stereocenters. The Morgan fingerprint density at radius 3 is 2.40 bits per heavy atom. The molecule has 1 saturated heterocycles. The molecule has 0 amide bonds. The molecule has 0 aromatic heterocycles. The van der Waals surface area contributed by atoms with Crippen LogP contribution in [-0.4, -0.2) is 36.9 Å². The highest BCUT2D eigenvalue weighted by molar-refractivity contribution is 5.70. The Hall–Kier alpha value is -0.610. The minimum absolute atomic E-state index is 0.0782. The first kappa shape index (κ1) is 17.4. The average molecular weight is 285 g/mol. The van der Waals surface area contributed by atoms with E-state index in [0.717, 1.165) is 19.6 Å². The van der Waals surface area contributed by atoms with Crippen molar-refractivity contribution in [2.45, 2.75) is 70.8 Å². The molecule has 1 heterocycles. The molecule has 0 aromatic carbocycles. The van der Waals surface area contributed by atoms with Crippen LogP contribution in [0.25, 0.3) is 0 Å². The third-order valence-electron chi connectivity index (χ3n) is 4.01. The second-order valence-corrected chi connectivity index (χ2v) is 5.90. The molecular weight excluding hydrogens is 254 g/mol. The van der Waals surface area contributed by atoms with E-state index in [4.69, 9.17) is 9.84 Å². The van der Waals surface area contributed by atoms with Crippen LogP contribution in [-0.2, 0) is 9.53 Å². The zero-order valence-corrected chi connectivity index (χ0v) is 12.9. The number of unbranched alkanes of at least 4 members (excludes halogenated alkanes) is 7. The fourth-order valence-electron chi connectivity index (χ4n) is 2.70. The van der Waals surface area contributed by atoms with E-state index in [0.29, 0.717) is 13.0 Å². The lowest BCUT2D eigenvalue weighted by molar-refractivity contribution is -0.144. The molecule has 20 heavy (non-hydrogen) atoms. The quantitative estimate of drug-likeness (QED) is 0.572. The van der Waals surface area contributed by atoms with E-state index in [9.17, 15) is 4.79 Å². The second kappa shape index (κ2) is 11.1. The molecule has 1 aliphatic rings.